The van der Waals surface area contributed by atoms with Gasteiger partial charge >= 0.3 is 5.69 Å². The maximum absolute atomic E-state index is 11.7. The average molecular weight is 324 g/mol. The summed E-state index contributed by atoms with van der Waals surface area (Å²) in [6.45, 7) is 0.552. The number of aliphatic hydroxyl groups is 2. The first-order valence-corrected chi connectivity index (χ1v) is 7.39. The largest absolute Gasteiger partial charge is 0.387 e. The highest BCUT2D eigenvalue weighted by Crippen LogP contribution is 2.28. The molecular formula is C15H20N2O6. The third-order valence-corrected chi connectivity index (χ3v) is 3.60. The molecule has 1 aromatic heterocycles. The number of terminal acetylenes is 1. The predicted octanol–water partition coefficient (Wildman–Crippen LogP) is -1.02. The number of nitrogens with zero attached hydrogens (tertiary/aromatic N) is 1. The predicted molar refractivity (Wildman–Crippen MR) is 80.7 cm³/mol. The van der Waals surface area contributed by atoms with Crippen LogP contribution in [0.5, 0.6) is 0 Å². The molecule has 1 aromatic rings. The fourth-order valence-corrected chi connectivity index (χ4v) is 2.36. The van der Waals surface area contributed by atoms with Crippen molar-refractivity contribution in [3.63, 3.8) is 0 Å². The second-order valence-electron chi connectivity index (χ2n) is 5.30. The molecule has 0 amide bonds. The van der Waals surface area contributed by atoms with Crippen molar-refractivity contribution >= 4 is 0 Å². The molecule has 4 atom stereocenters. The van der Waals surface area contributed by atoms with E-state index < -0.39 is 35.8 Å². The Kier molecular flexibility index (Phi) is 6.12. The zero-order valence-corrected chi connectivity index (χ0v) is 12.6. The molecule has 1 saturated heterocycles. The minimum absolute atomic E-state index is 0.0862. The molecule has 2 rings (SSSR count). The highest BCUT2D eigenvalue weighted by Gasteiger charge is 2.44. The lowest BCUT2D eigenvalue weighted by atomic mass is 10.1. The van der Waals surface area contributed by atoms with Crippen LogP contribution in [-0.2, 0) is 9.47 Å². The quantitative estimate of drug-likeness (QED) is 0.437. The minimum Gasteiger partial charge on any atom is -0.387 e. The number of hydrogen-bond donors (Lipinski definition) is 3. The third kappa shape index (κ3) is 4.30. The van der Waals surface area contributed by atoms with E-state index in [-0.39, 0.29) is 6.61 Å². The Morgan fingerprint density at radius 3 is 2.83 bits per heavy atom. The minimum atomic E-state index is -1.30. The lowest BCUT2D eigenvalue weighted by Gasteiger charge is -2.16. The average Bonchev–Trinajstić information content (AvgIpc) is 2.79. The van der Waals surface area contributed by atoms with Crippen molar-refractivity contribution in [3.05, 3.63) is 33.1 Å². The Hall–Kier alpha value is -1.92. The maximum Gasteiger partial charge on any atom is 0.330 e. The molecule has 0 saturated carbocycles. The molecule has 0 bridgehead atoms. The van der Waals surface area contributed by atoms with Crippen LogP contribution in [0.3, 0.4) is 0 Å². The lowest BCUT2D eigenvalue weighted by Crippen LogP contribution is -2.37. The first-order chi connectivity index (χ1) is 11.0. The molecule has 0 radical (unpaired) electrons. The Morgan fingerprint density at radius 1 is 1.35 bits per heavy atom. The molecule has 1 aliphatic rings. The normalized spacial score (nSPS) is 27.0. The van der Waals surface area contributed by atoms with Gasteiger partial charge in [-0.15, -0.1) is 12.3 Å². The number of aromatic nitrogens is 2. The van der Waals surface area contributed by atoms with Gasteiger partial charge in [-0.25, -0.2) is 4.79 Å². The molecule has 1 fully saturated rings. The van der Waals surface area contributed by atoms with E-state index in [2.05, 4.69) is 10.9 Å². The second kappa shape index (κ2) is 8.08. The summed E-state index contributed by atoms with van der Waals surface area (Å²) < 4.78 is 11.9. The highest BCUT2D eigenvalue weighted by atomic mass is 16.6. The van der Waals surface area contributed by atoms with Gasteiger partial charge in [0.1, 0.15) is 18.3 Å². The Labute approximate surface area is 132 Å². The second-order valence-corrected chi connectivity index (χ2v) is 5.30. The number of aliphatic hydroxyl groups excluding tert-OH is 2. The van der Waals surface area contributed by atoms with Crippen LogP contribution in [0.25, 0.3) is 0 Å². The van der Waals surface area contributed by atoms with E-state index in [1.54, 1.807) is 0 Å². The molecule has 3 N–H and O–H groups in total. The van der Waals surface area contributed by atoms with Crippen molar-refractivity contribution in [1.29, 1.82) is 0 Å². The number of rotatable bonds is 7. The smallest absolute Gasteiger partial charge is 0.330 e. The van der Waals surface area contributed by atoms with Crippen LogP contribution in [0.15, 0.2) is 21.9 Å². The first kappa shape index (κ1) is 17.4. The zero-order chi connectivity index (χ0) is 16.8. The fourth-order valence-electron chi connectivity index (χ4n) is 2.36. The van der Waals surface area contributed by atoms with Crippen molar-refractivity contribution in [1.82, 2.24) is 9.55 Å². The number of unbranched alkanes of at least 4 members (excludes halogenated alkanes) is 2. The highest BCUT2D eigenvalue weighted by molar-refractivity contribution is 4.93. The van der Waals surface area contributed by atoms with Crippen LogP contribution in [0, 0.1) is 12.3 Å². The number of nitrogens with one attached hydrogen (secondary N) is 1. The van der Waals surface area contributed by atoms with Crippen LogP contribution >= 0.6 is 0 Å². The Morgan fingerprint density at radius 2 is 2.13 bits per heavy atom. The molecule has 23 heavy (non-hydrogen) atoms. The summed E-state index contributed by atoms with van der Waals surface area (Å²) in [5.41, 5.74) is -1.27. The molecule has 2 heterocycles. The number of ether oxygens (including phenoxy) is 2. The van der Waals surface area contributed by atoms with Gasteiger partial charge in [0, 0.05) is 25.3 Å². The standard InChI is InChI=1S/C15H20N2O6/c1-2-3-4-5-8-22-9-10-12(19)13(20)14(23-10)17-7-6-11(18)16-15(17)21/h1,6-7,10,12-14,19-20H,3-5,8-9H2,(H,16,18,21)/t10-,12-,13-,14-/m1/s1. The third-order valence-electron chi connectivity index (χ3n) is 3.60. The molecular weight excluding hydrogens is 304 g/mol. The summed E-state index contributed by atoms with van der Waals surface area (Å²) in [5.74, 6) is 2.53. The molecule has 1 aliphatic heterocycles. The van der Waals surface area contributed by atoms with Crippen molar-refractivity contribution in [3.8, 4) is 12.3 Å². The van der Waals surface area contributed by atoms with E-state index >= 15 is 0 Å². The molecule has 0 aromatic carbocycles. The molecule has 0 unspecified atom stereocenters. The van der Waals surface area contributed by atoms with E-state index in [4.69, 9.17) is 15.9 Å². The fraction of sp³-hybridized carbons (Fsp3) is 0.600. The van der Waals surface area contributed by atoms with Crippen LogP contribution in [0.2, 0.25) is 0 Å². The molecule has 8 heteroatoms. The van der Waals surface area contributed by atoms with Gasteiger partial charge in [0.15, 0.2) is 6.23 Å². The van der Waals surface area contributed by atoms with E-state index in [1.165, 1.54) is 6.20 Å². The summed E-state index contributed by atoms with van der Waals surface area (Å²) >= 11 is 0. The van der Waals surface area contributed by atoms with E-state index in [9.17, 15) is 19.8 Å². The molecule has 0 spiro atoms. The lowest BCUT2D eigenvalue weighted by molar-refractivity contribution is -0.0686. The van der Waals surface area contributed by atoms with Crippen LogP contribution in [0.4, 0.5) is 0 Å². The Bertz CT molecular complexity index is 661. The van der Waals surface area contributed by atoms with Crippen LogP contribution in [0.1, 0.15) is 25.5 Å². The molecule has 0 aliphatic carbocycles. The van der Waals surface area contributed by atoms with Crippen LogP contribution in [-0.4, -0.2) is 51.3 Å². The van der Waals surface area contributed by atoms with Gasteiger partial charge < -0.3 is 19.7 Å². The summed E-state index contributed by atoms with van der Waals surface area (Å²) in [7, 11) is 0. The van der Waals surface area contributed by atoms with Gasteiger partial charge in [-0.2, -0.15) is 0 Å². The van der Waals surface area contributed by atoms with Gasteiger partial charge in [-0.05, 0) is 12.8 Å². The van der Waals surface area contributed by atoms with Crippen molar-refractivity contribution < 1.29 is 19.7 Å². The van der Waals surface area contributed by atoms with Gasteiger partial charge in [0.2, 0.25) is 0 Å². The number of aromatic amines is 1. The van der Waals surface area contributed by atoms with Crippen molar-refractivity contribution in [2.45, 2.75) is 43.8 Å². The number of hydrogen-bond acceptors (Lipinski definition) is 6. The van der Waals surface area contributed by atoms with Crippen molar-refractivity contribution in [2.24, 2.45) is 0 Å². The zero-order valence-electron chi connectivity index (χ0n) is 12.6. The monoisotopic (exact) mass is 324 g/mol. The number of H-pyrrole nitrogens is 1. The SMILES string of the molecule is C#CCCCCOC[C@H]1O[C@@H](n2ccc(=O)[nH]c2=O)[C@H](O)[C@@H]1O. The van der Waals surface area contributed by atoms with E-state index in [1.807, 2.05) is 0 Å². The van der Waals surface area contributed by atoms with Crippen LogP contribution < -0.4 is 11.2 Å². The van der Waals surface area contributed by atoms with E-state index in [0.717, 1.165) is 23.5 Å². The summed E-state index contributed by atoms with van der Waals surface area (Å²) in [4.78, 5) is 24.9. The van der Waals surface area contributed by atoms with E-state index in [0.29, 0.717) is 13.0 Å². The van der Waals surface area contributed by atoms with Crippen molar-refractivity contribution in [2.75, 3.05) is 13.2 Å². The van der Waals surface area contributed by atoms with Gasteiger partial charge in [0.05, 0.1) is 6.61 Å². The van der Waals surface area contributed by atoms with Gasteiger partial charge in [-0.1, -0.05) is 0 Å². The molecule has 8 nitrogen and oxygen atoms in total. The van der Waals surface area contributed by atoms with Gasteiger partial charge in [0.25, 0.3) is 5.56 Å². The first-order valence-electron chi connectivity index (χ1n) is 7.39. The molecule has 126 valence electrons. The van der Waals surface area contributed by atoms with Gasteiger partial charge in [-0.3, -0.25) is 14.3 Å². The Balaban J connectivity index is 1.92. The topological polar surface area (TPSA) is 114 Å². The maximum atomic E-state index is 11.7. The summed E-state index contributed by atoms with van der Waals surface area (Å²) in [6, 6.07) is 1.14. The summed E-state index contributed by atoms with van der Waals surface area (Å²) in [5, 5.41) is 20.0. The summed E-state index contributed by atoms with van der Waals surface area (Å²) in [6.07, 6.45) is 4.35.